The second-order valence-electron chi connectivity index (χ2n) is 2.86. The van der Waals surface area contributed by atoms with E-state index in [2.05, 4.69) is 4.85 Å². The topological polar surface area (TPSA) is 41.7 Å². The second kappa shape index (κ2) is 4.24. The summed E-state index contributed by atoms with van der Waals surface area (Å²) in [6.45, 7) is 8.60. The zero-order valence-electron chi connectivity index (χ0n) is 7.69. The lowest BCUT2D eigenvalue weighted by atomic mass is 10.1. The Morgan fingerprint density at radius 3 is 2.43 bits per heavy atom. The molecule has 0 unspecified atom stereocenters. The van der Waals surface area contributed by atoms with Crippen LogP contribution in [0.1, 0.15) is 11.1 Å². The van der Waals surface area contributed by atoms with E-state index in [1.165, 1.54) is 6.08 Å². The van der Waals surface area contributed by atoms with Gasteiger partial charge in [0.25, 0.3) is 5.70 Å². The normalized spacial score (nSPS) is 10.7. The van der Waals surface area contributed by atoms with Gasteiger partial charge in [0.15, 0.2) is 0 Å². The molecule has 0 fully saturated rings. The number of carbonyl (C=O) groups is 1. The van der Waals surface area contributed by atoms with Crippen LogP contribution in [-0.2, 0) is 4.79 Å². The lowest BCUT2D eigenvalue weighted by Crippen LogP contribution is -1.95. The number of benzene rings is 1. The van der Waals surface area contributed by atoms with E-state index in [1.54, 1.807) is 12.1 Å². The van der Waals surface area contributed by atoms with Crippen LogP contribution in [0, 0.1) is 13.5 Å². The maximum absolute atomic E-state index is 10.5. The molecule has 0 saturated carbocycles. The van der Waals surface area contributed by atoms with E-state index in [0.717, 1.165) is 11.1 Å². The molecule has 70 valence electrons. The molecular weight excluding hydrogens is 178 g/mol. The van der Waals surface area contributed by atoms with E-state index in [1.807, 2.05) is 19.1 Å². The monoisotopic (exact) mass is 187 g/mol. The number of hydrogen-bond donors (Lipinski definition) is 1. The molecule has 0 radical (unpaired) electrons. The molecule has 0 amide bonds. The third kappa shape index (κ3) is 2.46. The van der Waals surface area contributed by atoms with Gasteiger partial charge in [-0.25, -0.2) is 4.85 Å². The molecule has 1 N–H and O–H groups in total. The Morgan fingerprint density at radius 1 is 1.43 bits per heavy atom. The van der Waals surface area contributed by atoms with Gasteiger partial charge in [-0.15, -0.1) is 0 Å². The van der Waals surface area contributed by atoms with Crippen LogP contribution in [0.4, 0.5) is 0 Å². The van der Waals surface area contributed by atoms with Crippen molar-refractivity contribution < 1.29 is 9.90 Å². The van der Waals surface area contributed by atoms with Gasteiger partial charge in [0.05, 0.1) is 6.57 Å². The summed E-state index contributed by atoms with van der Waals surface area (Å²) in [5, 5.41) is 8.61. The Labute approximate surface area is 82.1 Å². The number of carboxylic acid groups (broad SMARTS) is 1. The lowest BCUT2D eigenvalue weighted by Gasteiger charge is -1.95. The predicted molar refractivity (Wildman–Crippen MR) is 53.4 cm³/mol. The Bertz CT molecular complexity index is 410. The molecule has 0 atom stereocenters. The summed E-state index contributed by atoms with van der Waals surface area (Å²) in [4.78, 5) is 13.4. The average Bonchev–Trinajstić information content (AvgIpc) is 2.16. The van der Waals surface area contributed by atoms with Gasteiger partial charge >= 0.3 is 5.97 Å². The third-order valence-corrected chi connectivity index (χ3v) is 1.72. The number of hydrogen-bond acceptors (Lipinski definition) is 1. The predicted octanol–water partition coefficient (Wildman–Crippen LogP) is 2.34. The first-order valence-electron chi connectivity index (χ1n) is 4.02. The SMILES string of the molecule is [C-]#[N+]/C(=C\c1ccc(C)cc1)C(=O)O. The molecule has 1 aromatic carbocycles. The Morgan fingerprint density at radius 2 is 2.00 bits per heavy atom. The molecule has 0 spiro atoms. The van der Waals surface area contributed by atoms with Crippen molar-refractivity contribution in [2.24, 2.45) is 0 Å². The third-order valence-electron chi connectivity index (χ3n) is 1.72. The van der Waals surface area contributed by atoms with Gasteiger partial charge in [0, 0.05) is 0 Å². The smallest absolute Gasteiger partial charge is 0.333 e. The molecule has 0 bridgehead atoms. The van der Waals surface area contributed by atoms with Gasteiger partial charge in [0.2, 0.25) is 0 Å². The molecule has 1 rings (SSSR count). The lowest BCUT2D eigenvalue weighted by molar-refractivity contribution is -0.132. The van der Waals surface area contributed by atoms with Crippen molar-refractivity contribution in [3.05, 3.63) is 52.5 Å². The van der Waals surface area contributed by atoms with E-state index < -0.39 is 5.97 Å². The van der Waals surface area contributed by atoms with Crippen LogP contribution in [-0.4, -0.2) is 11.1 Å². The van der Waals surface area contributed by atoms with Gasteiger partial charge in [-0.3, -0.25) is 4.79 Å². The van der Waals surface area contributed by atoms with Gasteiger partial charge in [-0.1, -0.05) is 29.8 Å². The molecular formula is C11H9NO2. The molecule has 0 saturated heterocycles. The largest absolute Gasteiger partial charge is 0.486 e. The van der Waals surface area contributed by atoms with Crippen LogP contribution < -0.4 is 0 Å². The van der Waals surface area contributed by atoms with Gasteiger partial charge in [0.1, 0.15) is 0 Å². The van der Waals surface area contributed by atoms with Crippen LogP contribution in [0.2, 0.25) is 0 Å². The van der Waals surface area contributed by atoms with Crippen LogP contribution in [0.15, 0.2) is 30.0 Å². The van der Waals surface area contributed by atoms with Crippen molar-refractivity contribution in [3.63, 3.8) is 0 Å². The van der Waals surface area contributed by atoms with Gasteiger partial charge in [-0.05, 0) is 18.6 Å². The zero-order valence-corrected chi connectivity index (χ0v) is 7.69. The van der Waals surface area contributed by atoms with Crippen molar-refractivity contribution in [2.45, 2.75) is 6.92 Å². The highest BCUT2D eigenvalue weighted by molar-refractivity contribution is 5.94. The summed E-state index contributed by atoms with van der Waals surface area (Å²) in [6, 6.07) is 7.30. The first kappa shape index (κ1) is 10.0. The first-order chi connectivity index (χ1) is 6.63. The zero-order chi connectivity index (χ0) is 10.6. The van der Waals surface area contributed by atoms with E-state index in [0.29, 0.717) is 0 Å². The van der Waals surface area contributed by atoms with Crippen LogP contribution in [0.5, 0.6) is 0 Å². The van der Waals surface area contributed by atoms with Crippen LogP contribution in [0.25, 0.3) is 10.9 Å². The quantitative estimate of drug-likeness (QED) is 0.570. The number of aryl methyl sites for hydroxylation is 1. The fourth-order valence-electron chi connectivity index (χ4n) is 0.962. The summed E-state index contributed by atoms with van der Waals surface area (Å²) < 4.78 is 0. The van der Waals surface area contributed by atoms with Crippen LogP contribution in [0.3, 0.4) is 0 Å². The molecule has 3 nitrogen and oxygen atoms in total. The maximum atomic E-state index is 10.5. The number of aliphatic carboxylic acids is 1. The first-order valence-corrected chi connectivity index (χ1v) is 4.02. The Kier molecular flexibility index (Phi) is 3.03. The molecule has 0 aliphatic heterocycles. The van der Waals surface area contributed by atoms with Crippen molar-refractivity contribution in [2.75, 3.05) is 0 Å². The summed E-state index contributed by atoms with van der Waals surface area (Å²) in [5.41, 5.74) is 1.56. The summed E-state index contributed by atoms with van der Waals surface area (Å²) in [6.07, 6.45) is 1.36. The molecule has 1 aromatic rings. The average molecular weight is 187 g/mol. The van der Waals surface area contributed by atoms with Crippen molar-refractivity contribution in [1.29, 1.82) is 0 Å². The minimum absolute atomic E-state index is 0.270. The number of rotatable bonds is 2. The Hall–Kier alpha value is -2.08. The maximum Gasteiger partial charge on any atom is 0.333 e. The van der Waals surface area contributed by atoms with Crippen molar-refractivity contribution >= 4 is 12.0 Å². The van der Waals surface area contributed by atoms with E-state index >= 15 is 0 Å². The fraction of sp³-hybridized carbons (Fsp3) is 0.0909. The van der Waals surface area contributed by atoms with Gasteiger partial charge in [-0.2, -0.15) is 0 Å². The second-order valence-corrected chi connectivity index (χ2v) is 2.86. The van der Waals surface area contributed by atoms with E-state index in [-0.39, 0.29) is 5.70 Å². The molecule has 0 heterocycles. The minimum atomic E-state index is -1.19. The van der Waals surface area contributed by atoms with E-state index in [4.69, 9.17) is 11.7 Å². The highest BCUT2D eigenvalue weighted by Crippen LogP contribution is 2.09. The highest BCUT2D eigenvalue weighted by atomic mass is 16.4. The van der Waals surface area contributed by atoms with E-state index in [9.17, 15) is 4.79 Å². The fourth-order valence-corrected chi connectivity index (χ4v) is 0.962. The van der Waals surface area contributed by atoms with Crippen LogP contribution >= 0.6 is 0 Å². The molecule has 0 aliphatic carbocycles. The minimum Gasteiger partial charge on any atom is -0.486 e. The standard InChI is InChI=1S/C11H9NO2/c1-8-3-5-9(6-4-8)7-10(12-2)11(13)14/h3-7H,1H3,(H,13,14)/b10-7-. The molecule has 3 heteroatoms. The Balaban J connectivity index is 3.03. The molecule has 0 aromatic heterocycles. The van der Waals surface area contributed by atoms with Crippen molar-refractivity contribution in [1.82, 2.24) is 0 Å². The highest BCUT2D eigenvalue weighted by Gasteiger charge is 2.05. The van der Waals surface area contributed by atoms with Gasteiger partial charge < -0.3 is 5.11 Å². The molecule has 14 heavy (non-hydrogen) atoms. The summed E-state index contributed by atoms with van der Waals surface area (Å²) >= 11 is 0. The summed E-state index contributed by atoms with van der Waals surface area (Å²) in [7, 11) is 0. The number of carboxylic acids is 1. The number of nitrogens with zero attached hydrogens (tertiary/aromatic N) is 1. The van der Waals surface area contributed by atoms with Crippen molar-refractivity contribution in [3.8, 4) is 0 Å². The summed E-state index contributed by atoms with van der Waals surface area (Å²) in [5.74, 6) is -1.19. The molecule has 0 aliphatic rings.